The third-order valence-corrected chi connectivity index (χ3v) is 5.65. The van der Waals surface area contributed by atoms with Gasteiger partial charge in [0.05, 0.1) is 6.54 Å². The molecule has 0 saturated carbocycles. The first kappa shape index (κ1) is 21.3. The van der Waals surface area contributed by atoms with E-state index >= 15 is 0 Å². The summed E-state index contributed by atoms with van der Waals surface area (Å²) in [6.07, 6.45) is 5.01. The third-order valence-electron chi connectivity index (χ3n) is 5.65. The first-order valence-corrected chi connectivity index (χ1v) is 10.0. The molecule has 0 spiro atoms. The maximum Gasteiger partial charge on any atom is 0.251 e. The van der Waals surface area contributed by atoms with Crippen LogP contribution in [0.25, 0.3) is 0 Å². The fraction of sp³-hybridized carbons (Fsp3) is 0.778. The van der Waals surface area contributed by atoms with E-state index in [0.717, 1.165) is 56.5 Å². The van der Waals surface area contributed by atoms with Crippen LogP contribution < -0.4 is 5.32 Å². The van der Waals surface area contributed by atoms with Crippen molar-refractivity contribution in [3.63, 3.8) is 0 Å². The lowest BCUT2D eigenvalue weighted by Gasteiger charge is -2.37. The molecule has 2 fully saturated rings. The molecule has 28 heavy (non-hydrogen) atoms. The molecule has 3 aliphatic rings. The van der Waals surface area contributed by atoms with Gasteiger partial charge in [0, 0.05) is 52.8 Å². The second-order valence-corrected chi connectivity index (χ2v) is 7.36. The topological polar surface area (TPSA) is 87.9 Å². The number of halogens is 1. The number of ether oxygens (including phenoxy) is 1. The number of piperazine rings is 1. The molecule has 0 radical (unpaired) electrons. The summed E-state index contributed by atoms with van der Waals surface area (Å²) in [5.74, 6) is 3.06. The molecule has 4 rings (SSSR count). The van der Waals surface area contributed by atoms with Gasteiger partial charge in [0.1, 0.15) is 11.9 Å². The Morgan fingerprint density at radius 3 is 2.64 bits per heavy atom. The van der Waals surface area contributed by atoms with Gasteiger partial charge in [-0.2, -0.15) is 0 Å². The molecule has 1 amide bonds. The fourth-order valence-electron chi connectivity index (χ4n) is 4.10. The summed E-state index contributed by atoms with van der Waals surface area (Å²) in [5, 5.41) is 12.1. The molecule has 0 bridgehead atoms. The van der Waals surface area contributed by atoms with Gasteiger partial charge in [0.15, 0.2) is 11.8 Å². The summed E-state index contributed by atoms with van der Waals surface area (Å²) in [5.41, 5.74) is 0. The summed E-state index contributed by atoms with van der Waals surface area (Å²) in [7, 11) is 1.80. The van der Waals surface area contributed by atoms with E-state index in [-0.39, 0.29) is 36.0 Å². The monoisotopic (exact) mass is 503 g/mol. The van der Waals surface area contributed by atoms with Crippen LogP contribution in [0.2, 0.25) is 0 Å². The van der Waals surface area contributed by atoms with Crippen molar-refractivity contribution in [2.24, 2.45) is 4.99 Å². The van der Waals surface area contributed by atoms with Crippen LogP contribution in [0.1, 0.15) is 37.3 Å². The minimum atomic E-state index is -0.229. The van der Waals surface area contributed by atoms with Crippen molar-refractivity contribution in [2.45, 2.75) is 51.3 Å². The molecule has 10 heteroatoms. The zero-order valence-corrected chi connectivity index (χ0v) is 18.8. The summed E-state index contributed by atoms with van der Waals surface area (Å²) < 4.78 is 7.76. The molecule has 1 unspecified atom stereocenters. The number of aromatic nitrogens is 3. The number of guanidine groups is 1. The van der Waals surface area contributed by atoms with Gasteiger partial charge < -0.3 is 24.4 Å². The van der Waals surface area contributed by atoms with Crippen LogP contribution in [0.4, 0.5) is 0 Å². The average Bonchev–Trinajstić information content (AvgIpc) is 3.39. The molecule has 1 aromatic rings. The zero-order valence-electron chi connectivity index (χ0n) is 16.5. The highest BCUT2D eigenvalue weighted by Gasteiger charge is 2.31. The van der Waals surface area contributed by atoms with Gasteiger partial charge in [0.25, 0.3) is 5.91 Å². The summed E-state index contributed by atoms with van der Waals surface area (Å²) in [6.45, 7) is 5.29. The Labute approximate surface area is 182 Å². The molecule has 0 aromatic carbocycles. The molecule has 3 aliphatic heterocycles. The van der Waals surface area contributed by atoms with E-state index in [4.69, 9.17) is 4.74 Å². The molecular formula is C18H30IN7O2. The SMILES string of the molecule is CN=C(NCc1nnc2n1CCCC2)N1CCN(C(=O)C2CCCO2)CC1.I. The lowest BCUT2D eigenvalue weighted by Crippen LogP contribution is -2.55. The number of hydrogen-bond donors (Lipinski definition) is 1. The van der Waals surface area contributed by atoms with Gasteiger partial charge in [-0.25, -0.2) is 0 Å². The Bertz CT molecular complexity index is 694. The number of nitrogens with one attached hydrogen (secondary N) is 1. The number of nitrogens with zero attached hydrogens (tertiary/aromatic N) is 6. The fourth-order valence-corrected chi connectivity index (χ4v) is 4.10. The minimum absolute atomic E-state index is 0. The Hall–Kier alpha value is -1.43. The average molecular weight is 503 g/mol. The quantitative estimate of drug-likeness (QED) is 0.370. The van der Waals surface area contributed by atoms with Crippen molar-refractivity contribution in [1.29, 1.82) is 0 Å². The molecular weight excluding hydrogens is 473 g/mol. The molecule has 1 aromatic heterocycles. The van der Waals surface area contributed by atoms with Crippen molar-refractivity contribution < 1.29 is 9.53 Å². The number of fused-ring (bicyclic) bond motifs is 1. The first-order valence-electron chi connectivity index (χ1n) is 10.0. The highest BCUT2D eigenvalue weighted by Crippen LogP contribution is 2.16. The van der Waals surface area contributed by atoms with E-state index in [1.807, 2.05) is 4.90 Å². The maximum atomic E-state index is 12.5. The lowest BCUT2D eigenvalue weighted by atomic mass is 10.2. The predicted molar refractivity (Wildman–Crippen MR) is 116 cm³/mol. The van der Waals surface area contributed by atoms with Crippen molar-refractivity contribution in [3.8, 4) is 0 Å². The number of hydrogen-bond acceptors (Lipinski definition) is 5. The van der Waals surface area contributed by atoms with E-state index in [9.17, 15) is 4.79 Å². The van der Waals surface area contributed by atoms with Crippen LogP contribution in [0.3, 0.4) is 0 Å². The van der Waals surface area contributed by atoms with Crippen LogP contribution in [0.5, 0.6) is 0 Å². The molecule has 0 aliphatic carbocycles. The molecule has 1 N–H and O–H groups in total. The number of rotatable bonds is 3. The summed E-state index contributed by atoms with van der Waals surface area (Å²) >= 11 is 0. The normalized spacial score (nSPS) is 22.6. The van der Waals surface area contributed by atoms with Crippen LogP contribution in [0.15, 0.2) is 4.99 Å². The minimum Gasteiger partial charge on any atom is -0.368 e. The van der Waals surface area contributed by atoms with Crippen LogP contribution in [0, 0.1) is 0 Å². The third kappa shape index (κ3) is 4.58. The highest BCUT2D eigenvalue weighted by molar-refractivity contribution is 14.0. The van der Waals surface area contributed by atoms with E-state index < -0.39 is 0 Å². The van der Waals surface area contributed by atoms with Crippen LogP contribution >= 0.6 is 24.0 Å². The first-order chi connectivity index (χ1) is 13.3. The Morgan fingerprint density at radius 1 is 1.14 bits per heavy atom. The van der Waals surface area contributed by atoms with E-state index in [2.05, 4.69) is 30.0 Å². The second kappa shape index (κ2) is 9.86. The van der Waals surface area contributed by atoms with Crippen molar-refractivity contribution in [3.05, 3.63) is 11.6 Å². The van der Waals surface area contributed by atoms with E-state index in [1.54, 1.807) is 7.05 Å². The largest absolute Gasteiger partial charge is 0.368 e. The second-order valence-electron chi connectivity index (χ2n) is 7.36. The van der Waals surface area contributed by atoms with Gasteiger partial charge in [0.2, 0.25) is 0 Å². The van der Waals surface area contributed by atoms with Crippen molar-refractivity contribution in [2.75, 3.05) is 39.8 Å². The molecule has 1 atom stereocenters. The number of carbonyl (C=O) groups is 1. The summed E-state index contributed by atoms with van der Waals surface area (Å²) in [6, 6.07) is 0. The predicted octanol–water partition coefficient (Wildman–Crippen LogP) is 0.631. The van der Waals surface area contributed by atoms with Crippen molar-refractivity contribution >= 4 is 35.8 Å². The Kier molecular flexibility index (Phi) is 7.49. The van der Waals surface area contributed by atoms with Gasteiger partial charge in [-0.1, -0.05) is 0 Å². The smallest absolute Gasteiger partial charge is 0.251 e. The van der Waals surface area contributed by atoms with E-state index in [0.29, 0.717) is 26.2 Å². The van der Waals surface area contributed by atoms with E-state index in [1.165, 1.54) is 12.8 Å². The molecule has 4 heterocycles. The number of carbonyl (C=O) groups excluding carboxylic acids is 1. The van der Waals surface area contributed by atoms with Crippen LogP contribution in [-0.2, 0) is 29.0 Å². The van der Waals surface area contributed by atoms with Gasteiger partial charge in [-0.3, -0.25) is 9.79 Å². The van der Waals surface area contributed by atoms with Crippen molar-refractivity contribution in [1.82, 2.24) is 29.9 Å². The number of aryl methyl sites for hydroxylation is 1. The van der Waals surface area contributed by atoms with Gasteiger partial charge in [-0.05, 0) is 25.7 Å². The van der Waals surface area contributed by atoms with Gasteiger partial charge >= 0.3 is 0 Å². The maximum absolute atomic E-state index is 12.5. The summed E-state index contributed by atoms with van der Waals surface area (Å²) in [4.78, 5) is 21.0. The standard InChI is InChI=1S/C18H29N7O2.HI/c1-19-18(20-13-16-22-21-15-6-2-3-7-25(15)16)24-10-8-23(9-11-24)17(26)14-5-4-12-27-14;/h14H,2-13H2,1H3,(H,19,20);1H. The molecule has 2 saturated heterocycles. The molecule has 9 nitrogen and oxygen atoms in total. The number of aliphatic imine (C=N–C) groups is 1. The van der Waals surface area contributed by atoms with Crippen LogP contribution in [-0.4, -0.2) is 82.4 Å². The van der Waals surface area contributed by atoms with Gasteiger partial charge in [-0.15, -0.1) is 34.2 Å². The lowest BCUT2D eigenvalue weighted by molar-refractivity contribution is -0.142. The zero-order chi connectivity index (χ0) is 18.6. The number of amides is 1. The Balaban J connectivity index is 0.00000225. The Morgan fingerprint density at radius 2 is 1.93 bits per heavy atom. The highest BCUT2D eigenvalue weighted by atomic mass is 127. The molecule has 156 valence electrons.